The molecule has 1 aromatic rings. The van der Waals surface area contributed by atoms with Crippen molar-refractivity contribution in [1.82, 2.24) is 19.6 Å². The standard InChI is InChI=1S/C26H40N4O/c1-28(10-7-26-15-18-11-19(16-26)13-20(12-18)17-26)21-5-6-23-22(14-21)24(27-29(23)2)25(31)30-8-3-4-9-30/h18-21H,3-17H2,1-2H3. The van der Waals surface area contributed by atoms with Crippen LogP contribution in [0.4, 0.5) is 0 Å². The largest absolute Gasteiger partial charge is 0.337 e. The molecule has 5 heteroatoms. The summed E-state index contributed by atoms with van der Waals surface area (Å²) in [5.41, 5.74) is 3.96. The van der Waals surface area contributed by atoms with Crippen LogP contribution in [-0.4, -0.2) is 58.2 Å². The normalized spacial score (nSPS) is 36.4. The van der Waals surface area contributed by atoms with Crippen LogP contribution in [0, 0.1) is 23.2 Å². The van der Waals surface area contributed by atoms with Gasteiger partial charge in [-0.05, 0) is 114 Å². The fourth-order valence-electron chi connectivity index (χ4n) is 8.58. The highest BCUT2D eigenvalue weighted by molar-refractivity contribution is 5.94. The predicted molar refractivity (Wildman–Crippen MR) is 122 cm³/mol. The number of hydrogen-bond donors (Lipinski definition) is 0. The molecule has 1 saturated heterocycles. The smallest absolute Gasteiger partial charge is 0.274 e. The highest BCUT2D eigenvalue weighted by Crippen LogP contribution is 2.61. The number of hydrogen-bond acceptors (Lipinski definition) is 3. The number of amides is 1. The molecule has 7 rings (SSSR count). The van der Waals surface area contributed by atoms with Gasteiger partial charge in [0.25, 0.3) is 5.91 Å². The van der Waals surface area contributed by atoms with Gasteiger partial charge in [-0.2, -0.15) is 5.10 Å². The van der Waals surface area contributed by atoms with Gasteiger partial charge in [0.15, 0.2) is 5.69 Å². The average molecular weight is 425 g/mol. The Hall–Kier alpha value is -1.36. The van der Waals surface area contributed by atoms with E-state index in [-0.39, 0.29) is 5.91 Å². The molecule has 2 heterocycles. The van der Waals surface area contributed by atoms with Crippen LogP contribution in [-0.2, 0) is 19.9 Å². The van der Waals surface area contributed by atoms with Crippen LogP contribution in [0.5, 0.6) is 0 Å². The van der Waals surface area contributed by atoms with Crippen molar-refractivity contribution in [3.63, 3.8) is 0 Å². The first-order chi connectivity index (χ1) is 15.0. The van der Waals surface area contributed by atoms with Crippen LogP contribution in [0.2, 0.25) is 0 Å². The van der Waals surface area contributed by atoms with E-state index in [1.807, 2.05) is 16.6 Å². The first-order valence-corrected chi connectivity index (χ1v) is 13.0. The SMILES string of the molecule is CN(CCC12CC3CC(CC(C3)C1)C2)C1CCc2c(c(C(=O)N3CCCC3)nn2C)C1. The monoisotopic (exact) mass is 424 g/mol. The van der Waals surface area contributed by atoms with Crippen molar-refractivity contribution in [2.24, 2.45) is 30.2 Å². The molecule has 0 aromatic carbocycles. The van der Waals surface area contributed by atoms with Gasteiger partial charge in [-0.15, -0.1) is 0 Å². The second-order valence-corrected chi connectivity index (χ2v) is 11.9. The molecule has 5 nitrogen and oxygen atoms in total. The molecule has 4 bridgehead atoms. The summed E-state index contributed by atoms with van der Waals surface area (Å²) in [5.74, 6) is 3.31. The van der Waals surface area contributed by atoms with E-state index >= 15 is 0 Å². The fraction of sp³-hybridized carbons (Fsp3) is 0.846. The van der Waals surface area contributed by atoms with Crippen molar-refractivity contribution in [3.8, 4) is 0 Å². The molecule has 170 valence electrons. The van der Waals surface area contributed by atoms with E-state index in [2.05, 4.69) is 11.9 Å². The van der Waals surface area contributed by atoms with Crippen LogP contribution < -0.4 is 0 Å². The maximum absolute atomic E-state index is 13.1. The highest BCUT2D eigenvalue weighted by atomic mass is 16.2. The topological polar surface area (TPSA) is 41.4 Å². The third kappa shape index (κ3) is 3.55. The molecular weight excluding hydrogens is 384 g/mol. The summed E-state index contributed by atoms with van der Waals surface area (Å²) in [4.78, 5) is 17.8. The van der Waals surface area contributed by atoms with E-state index in [1.54, 1.807) is 0 Å². The summed E-state index contributed by atoms with van der Waals surface area (Å²) < 4.78 is 1.99. The maximum Gasteiger partial charge on any atom is 0.274 e. The van der Waals surface area contributed by atoms with Gasteiger partial charge in [0.05, 0.1) is 0 Å². The summed E-state index contributed by atoms with van der Waals surface area (Å²) in [7, 11) is 4.37. The summed E-state index contributed by atoms with van der Waals surface area (Å²) in [6.45, 7) is 3.03. The number of fused-ring (bicyclic) bond motifs is 1. The summed E-state index contributed by atoms with van der Waals surface area (Å²) in [5, 5.41) is 4.71. The third-order valence-electron chi connectivity index (χ3n) is 9.81. The van der Waals surface area contributed by atoms with Gasteiger partial charge in [-0.1, -0.05) is 0 Å². The molecular formula is C26H40N4O. The molecule has 1 aromatic heterocycles. The minimum Gasteiger partial charge on any atom is -0.337 e. The van der Waals surface area contributed by atoms with Gasteiger partial charge in [-0.3, -0.25) is 9.48 Å². The number of likely N-dealkylation sites (N-methyl/N-ethyl adjacent to an activating group) is 1. The van der Waals surface area contributed by atoms with E-state index in [9.17, 15) is 4.79 Å². The van der Waals surface area contributed by atoms with Gasteiger partial charge in [0.2, 0.25) is 0 Å². The third-order valence-corrected chi connectivity index (χ3v) is 9.81. The lowest BCUT2D eigenvalue weighted by atomic mass is 9.49. The van der Waals surface area contributed by atoms with Crippen molar-refractivity contribution in [1.29, 1.82) is 0 Å². The van der Waals surface area contributed by atoms with Gasteiger partial charge in [0.1, 0.15) is 0 Å². The Morgan fingerprint density at radius 3 is 2.39 bits per heavy atom. The first-order valence-electron chi connectivity index (χ1n) is 13.0. The zero-order valence-electron chi connectivity index (χ0n) is 19.6. The second-order valence-electron chi connectivity index (χ2n) is 11.9. The Morgan fingerprint density at radius 1 is 1.10 bits per heavy atom. The molecule has 6 aliphatic rings. The molecule has 0 radical (unpaired) electrons. The zero-order valence-corrected chi connectivity index (χ0v) is 19.6. The maximum atomic E-state index is 13.1. The molecule has 4 saturated carbocycles. The van der Waals surface area contributed by atoms with Crippen molar-refractivity contribution in [2.75, 3.05) is 26.7 Å². The van der Waals surface area contributed by atoms with E-state index in [4.69, 9.17) is 5.10 Å². The van der Waals surface area contributed by atoms with E-state index < -0.39 is 0 Å². The Kier molecular flexibility index (Phi) is 4.97. The van der Waals surface area contributed by atoms with Gasteiger partial charge in [-0.25, -0.2) is 0 Å². The van der Waals surface area contributed by atoms with Crippen molar-refractivity contribution >= 4 is 5.91 Å². The number of nitrogens with zero attached hydrogens (tertiary/aromatic N) is 4. The molecule has 1 unspecified atom stereocenters. The molecule has 1 aliphatic heterocycles. The van der Waals surface area contributed by atoms with Crippen LogP contribution in [0.25, 0.3) is 0 Å². The number of carbonyl (C=O) groups excluding carboxylic acids is 1. The lowest BCUT2D eigenvalue weighted by Gasteiger charge is -2.57. The number of aromatic nitrogens is 2. The fourth-order valence-corrected chi connectivity index (χ4v) is 8.58. The number of carbonyl (C=O) groups is 1. The van der Waals surface area contributed by atoms with Crippen LogP contribution in [0.15, 0.2) is 0 Å². The van der Waals surface area contributed by atoms with E-state index in [0.717, 1.165) is 62.2 Å². The Labute approximate surface area is 187 Å². The highest BCUT2D eigenvalue weighted by Gasteiger charge is 2.50. The quantitative estimate of drug-likeness (QED) is 0.716. The molecule has 31 heavy (non-hydrogen) atoms. The minimum absolute atomic E-state index is 0.172. The van der Waals surface area contributed by atoms with Gasteiger partial charge in [0, 0.05) is 37.4 Å². The summed E-state index contributed by atoms with van der Waals surface area (Å²) in [6, 6.07) is 0.552. The van der Waals surface area contributed by atoms with Gasteiger partial charge < -0.3 is 9.80 Å². The van der Waals surface area contributed by atoms with Crippen molar-refractivity contribution in [2.45, 2.75) is 83.1 Å². The molecule has 1 amide bonds. The number of likely N-dealkylation sites (tertiary alicyclic amines) is 1. The lowest BCUT2D eigenvalue weighted by molar-refractivity contribution is -0.0615. The summed E-state index contributed by atoms with van der Waals surface area (Å²) in [6.07, 6.45) is 16.1. The van der Waals surface area contributed by atoms with Crippen molar-refractivity contribution in [3.05, 3.63) is 17.0 Å². The summed E-state index contributed by atoms with van der Waals surface area (Å²) >= 11 is 0. The van der Waals surface area contributed by atoms with E-state index in [1.165, 1.54) is 69.2 Å². The lowest BCUT2D eigenvalue weighted by Crippen LogP contribution is -2.48. The van der Waals surface area contributed by atoms with E-state index in [0.29, 0.717) is 11.5 Å². The molecule has 0 spiro atoms. The molecule has 0 N–H and O–H groups in total. The van der Waals surface area contributed by atoms with Crippen LogP contribution >= 0.6 is 0 Å². The first kappa shape index (κ1) is 20.3. The number of aryl methyl sites for hydroxylation is 1. The Bertz CT molecular complexity index is 817. The Morgan fingerprint density at radius 2 is 1.74 bits per heavy atom. The minimum atomic E-state index is 0.172. The average Bonchev–Trinajstić information content (AvgIpc) is 3.39. The predicted octanol–water partition coefficient (Wildman–Crippen LogP) is 4.05. The Balaban J connectivity index is 1.13. The van der Waals surface area contributed by atoms with Crippen molar-refractivity contribution < 1.29 is 4.79 Å². The van der Waals surface area contributed by atoms with Gasteiger partial charge >= 0.3 is 0 Å². The van der Waals surface area contributed by atoms with Crippen LogP contribution in [0.1, 0.15) is 86.0 Å². The zero-order chi connectivity index (χ0) is 21.2. The molecule has 5 aliphatic carbocycles. The number of rotatable bonds is 5. The molecule has 5 fully saturated rings. The molecule has 1 atom stereocenters. The van der Waals surface area contributed by atoms with Crippen LogP contribution in [0.3, 0.4) is 0 Å². The second kappa shape index (κ2) is 7.60.